The minimum atomic E-state index is -0.446. The molecule has 0 unspecified atom stereocenters. The third-order valence-electron chi connectivity index (χ3n) is 6.08. The number of carbonyl (C=O) groups excluding carboxylic acids is 2. The molecule has 0 bridgehead atoms. The molecule has 1 N–H and O–H groups in total. The normalized spacial score (nSPS) is 15.8. The van der Waals surface area contributed by atoms with Crippen molar-refractivity contribution in [1.29, 1.82) is 0 Å². The topological polar surface area (TPSA) is 49.4 Å². The van der Waals surface area contributed by atoms with Gasteiger partial charge in [0.05, 0.1) is 5.41 Å². The molecule has 2 amide bonds. The number of hydrogen-bond donors (Lipinski definition) is 1. The fourth-order valence-electron chi connectivity index (χ4n) is 4.33. The molecule has 2 aromatic rings. The number of likely N-dealkylation sites (tertiary alicyclic amines) is 1. The van der Waals surface area contributed by atoms with E-state index in [0.717, 1.165) is 0 Å². The lowest BCUT2D eigenvalue weighted by atomic mass is 9.72. The van der Waals surface area contributed by atoms with Crippen molar-refractivity contribution >= 4 is 11.8 Å². The maximum absolute atomic E-state index is 13.1. The minimum absolute atomic E-state index is 0.119. The van der Waals surface area contributed by atoms with Gasteiger partial charge in [-0.3, -0.25) is 9.59 Å². The number of carbonyl (C=O) groups is 2. The second-order valence-corrected chi connectivity index (χ2v) is 8.86. The number of amides is 2. The van der Waals surface area contributed by atoms with Crippen LogP contribution in [0.25, 0.3) is 11.1 Å². The van der Waals surface area contributed by atoms with Crippen molar-refractivity contribution in [1.82, 2.24) is 10.2 Å². The van der Waals surface area contributed by atoms with E-state index in [0.29, 0.717) is 51.2 Å². The molecule has 1 saturated heterocycles. The Labute approximate surface area is 180 Å². The van der Waals surface area contributed by atoms with Crippen molar-refractivity contribution in [2.24, 2.45) is 11.3 Å². The van der Waals surface area contributed by atoms with E-state index < -0.39 is 5.41 Å². The summed E-state index contributed by atoms with van der Waals surface area (Å²) in [5.41, 5.74) is 3.10. The first-order valence-electron chi connectivity index (χ1n) is 11.1. The van der Waals surface area contributed by atoms with E-state index in [1.807, 2.05) is 30.0 Å². The Kier molecular flexibility index (Phi) is 7.30. The van der Waals surface area contributed by atoms with Crippen LogP contribution in [0.2, 0.25) is 0 Å². The van der Waals surface area contributed by atoms with Gasteiger partial charge in [-0.05, 0) is 48.8 Å². The molecule has 30 heavy (non-hydrogen) atoms. The van der Waals surface area contributed by atoms with E-state index >= 15 is 0 Å². The van der Waals surface area contributed by atoms with Crippen LogP contribution in [0.3, 0.4) is 0 Å². The van der Waals surface area contributed by atoms with Gasteiger partial charge in [-0.25, -0.2) is 0 Å². The molecule has 1 aliphatic heterocycles. The van der Waals surface area contributed by atoms with Gasteiger partial charge in [-0.1, -0.05) is 68.4 Å². The number of nitrogens with zero attached hydrogens (tertiary/aromatic N) is 1. The highest BCUT2D eigenvalue weighted by molar-refractivity contribution is 5.84. The van der Waals surface area contributed by atoms with Gasteiger partial charge in [-0.15, -0.1) is 0 Å². The lowest BCUT2D eigenvalue weighted by Crippen LogP contribution is -2.51. The summed E-state index contributed by atoms with van der Waals surface area (Å²) in [6, 6.07) is 18.9. The molecule has 4 heteroatoms. The molecule has 0 aromatic heterocycles. The number of benzene rings is 2. The van der Waals surface area contributed by atoms with Crippen molar-refractivity contribution in [3.05, 3.63) is 60.2 Å². The summed E-state index contributed by atoms with van der Waals surface area (Å²) in [4.78, 5) is 27.5. The maximum atomic E-state index is 13.1. The van der Waals surface area contributed by atoms with E-state index in [4.69, 9.17) is 0 Å². The Morgan fingerprint density at radius 3 is 2.13 bits per heavy atom. The van der Waals surface area contributed by atoms with Gasteiger partial charge in [0.15, 0.2) is 0 Å². The van der Waals surface area contributed by atoms with Crippen LogP contribution >= 0.6 is 0 Å². The highest BCUT2D eigenvalue weighted by Gasteiger charge is 2.42. The van der Waals surface area contributed by atoms with E-state index in [1.165, 1.54) is 16.7 Å². The molecule has 1 aliphatic rings. The zero-order chi connectivity index (χ0) is 21.6. The first-order chi connectivity index (χ1) is 14.4. The Morgan fingerprint density at radius 1 is 0.967 bits per heavy atom. The predicted octanol–water partition coefficient (Wildman–Crippen LogP) is 4.69. The summed E-state index contributed by atoms with van der Waals surface area (Å²) in [7, 11) is 0. The Morgan fingerprint density at radius 2 is 1.57 bits per heavy atom. The van der Waals surface area contributed by atoms with Crippen molar-refractivity contribution in [3.8, 4) is 11.1 Å². The van der Waals surface area contributed by atoms with E-state index in [1.54, 1.807) is 0 Å². The molecule has 0 spiro atoms. The average Bonchev–Trinajstić information content (AvgIpc) is 2.75. The quantitative estimate of drug-likeness (QED) is 0.725. The van der Waals surface area contributed by atoms with Crippen LogP contribution in [0.5, 0.6) is 0 Å². The molecule has 2 aromatic carbocycles. The standard InChI is InChI=1S/C26H34N2O2/c1-4-27-25(30)26(14-16-28(17-15-26)24(29)18-20(2)3)19-21-10-12-23(13-11-21)22-8-6-5-7-9-22/h5-13,20H,4,14-19H2,1-3H3,(H,27,30). The summed E-state index contributed by atoms with van der Waals surface area (Å²) >= 11 is 0. The fraction of sp³-hybridized carbons (Fsp3) is 0.462. The molecular formula is C26H34N2O2. The second kappa shape index (κ2) is 9.92. The van der Waals surface area contributed by atoms with E-state index in [9.17, 15) is 9.59 Å². The van der Waals surface area contributed by atoms with Gasteiger partial charge in [0, 0.05) is 26.1 Å². The second-order valence-electron chi connectivity index (χ2n) is 8.86. The number of rotatable bonds is 7. The highest BCUT2D eigenvalue weighted by atomic mass is 16.2. The molecule has 3 rings (SSSR count). The van der Waals surface area contributed by atoms with Crippen LogP contribution in [0.15, 0.2) is 54.6 Å². The van der Waals surface area contributed by atoms with Gasteiger partial charge in [0.2, 0.25) is 11.8 Å². The molecular weight excluding hydrogens is 372 g/mol. The number of nitrogens with one attached hydrogen (secondary N) is 1. The first kappa shape index (κ1) is 22.1. The minimum Gasteiger partial charge on any atom is -0.356 e. The van der Waals surface area contributed by atoms with Crippen molar-refractivity contribution in [2.45, 2.75) is 46.5 Å². The Balaban J connectivity index is 1.73. The summed E-state index contributed by atoms with van der Waals surface area (Å²) < 4.78 is 0. The maximum Gasteiger partial charge on any atom is 0.226 e. The molecule has 160 valence electrons. The zero-order valence-electron chi connectivity index (χ0n) is 18.5. The average molecular weight is 407 g/mol. The highest BCUT2D eigenvalue weighted by Crippen LogP contribution is 2.36. The molecule has 0 atom stereocenters. The van der Waals surface area contributed by atoms with E-state index in [-0.39, 0.29) is 11.8 Å². The third-order valence-corrected chi connectivity index (χ3v) is 6.08. The van der Waals surface area contributed by atoms with Crippen LogP contribution in [0.4, 0.5) is 0 Å². The molecule has 1 fully saturated rings. The lowest BCUT2D eigenvalue weighted by Gasteiger charge is -2.41. The van der Waals surface area contributed by atoms with Crippen molar-refractivity contribution in [3.63, 3.8) is 0 Å². The monoisotopic (exact) mass is 406 g/mol. The molecule has 1 heterocycles. The third kappa shape index (κ3) is 5.29. The van der Waals surface area contributed by atoms with Gasteiger partial charge >= 0.3 is 0 Å². The largest absolute Gasteiger partial charge is 0.356 e. The lowest BCUT2D eigenvalue weighted by molar-refractivity contribution is -0.141. The van der Waals surface area contributed by atoms with Crippen LogP contribution in [-0.4, -0.2) is 36.3 Å². The Bertz CT molecular complexity index is 835. The van der Waals surface area contributed by atoms with E-state index in [2.05, 4.69) is 55.6 Å². The first-order valence-corrected chi connectivity index (χ1v) is 11.1. The Hall–Kier alpha value is -2.62. The van der Waals surface area contributed by atoms with Crippen LogP contribution in [0.1, 0.15) is 45.6 Å². The molecule has 0 radical (unpaired) electrons. The number of hydrogen-bond acceptors (Lipinski definition) is 2. The SMILES string of the molecule is CCNC(=O)C1(Cc2ccc(-c3ccccc3)cc2)CCN(C(=O)CC(C)C)CC1. The molecule has 0 aliphatic carbocycles. The van der Waals surface area contributed by atoms with Crippen molar-refractivity contribution in [2.75, 3.05) is 19.6 Å². The van der Waals surface area contributed by atoms with Gasteiger partial charge in [0.25, 0.3) is 0 Å². The zero-order valence-corrected chi connectivity index (χ0v) is 18.5. The predicted molar refractivity (Wildman–Crippen MR) is 122 cm³/mol. The smallest absolute Gasteiger partial charge is 0.226 e. The van der Waals surface area contributed by atoms with Gasteiger partial charge in [0.1, 0.15) is 0 Å². The summed E-state index contributed by atoms with van der Waals surface area (Å²) in [6.07, 6.45) is 2.71. The number of piperidine rings is 1. The summed E-state index contributed by atoms with van der Waals surface area (Å²) in [6.45, 7) is 8.04. The fourth-order valence-corrected chi connectivity index (χ4v) is 4.33. The van der Waals surface area contributed by atoms with Crippen molar-refractivity contribution < 1.29 is 9.59 Å². The summed E-state index contributed by atoms with van der Waals surface area (Å²) in [5, 5.41) is 3.05. The van der Waals surface area contributed by atoms with Crippen LogP contribution < -0.4 is 5.32 Å². The van der Waals surface area contributed by atoms with Gasteiger partial charge in [-0.2, -0.15) is 0 Å². The van der Waals surface area contributed by atoms with Gasteiger partial charge < -0.3 is 10.2 Å². The van der Waals surface area contributed by atoms with Crippen LogP contribution in [0, 0.1) is 11.3 Å². The summed E-state index contributed by atoms with van der Waals surface area (Å²) in [5.74, 6) is 0.686. The van der Waals surface area contributed by atoms with Crippen LogP contribution in [-0.2, 0) is 16.0 Å². The molecule has 4 nitrogen and oxygen atoms in total. The molecule has 0 saturated carbocycles.